The molecule has 6 nitrogen and oxygen atoms in total. The lowest BCUT2D eigenvalue weighted by atomic mass is 9.99. The molecule has 3 atom stereocenters. The molecule has 1 N–H and O–H groups in total. The molecular weight excluding hydrogens is 290 g/mol. The normalized spacial score (nSPS) is 22.6. The minimum atomic E-state index is 0.107. The first-order valence-corrected chi connectivity index (χ1v) is 8.41. The SMILES string of the molecule is Cc1nn(C)c(C)c1[C@H]1OCC[C@@H]1N[C@@H](C)CCn1cccn1. The van der Waals surface area contributed by atoms with Crippen molar-refractivity contribution in [3.8, 4) is 0 Å². The minimum absolute atomic E-state index is 0.107. The number of aryl methyl sites for hydroxylation is 3. The summed E-state index contributed by atoms with van der Waals surface area (Å²) in [4.78, 5) is 0. The molecule has 3 heterocycles. The van der Waals surface area contributed by atoms with E-state index in [4.69, 9.17) is 4.74 Å². The van der Waals surface area contributed by atoms with Gasteiger partial charge in [0.15, 0.2) is 0 Å². The molecule has 0 unspecified atom stereocenters. The van der Waals surface area contributed by atoms with Crippen LogP contribution in [0.2, 0.25) is 0 Å². The van der Waals surface area contributed by atoms with E-state index in [9.17, 15) is 0 Å². The number of nitrogens with one attached hydrogen (secondary N) is 1. The summed E-state index contributed by atoms with van der Waals surface area (Å²) in [7, 11) is 2.00. The van der Waals surface area contributed by atoms with E-state index < -0.39 is 0 Å². The summed E-state index contributed by atoms with van der Waals surface area (Å²) in [5, 5.41) is 12.5. The predicted octanol–water partition coefficient (Wildman–Crippen LogP) is 2.13. The van der Waals surface area contributed by atoms with Crippen LogP contribution in [0.1, 0.15) is 42.8 Å². The Morgan fingerprint density at radius 3 is 2.91 bits per heavy atom. The number of ether oxygens (including phenoxy) is 1. The topological polar surface area (TPSA) is 56.9 Å². The van der Waals surface area contributed by atoms with Gasteiger partial charge in [-0.1, -0.05) is 0 Å². The standard InChI is InChI=1S/C17H27N5O/c1-12(6-10-22-9-5-8-18-22)19-15-7-11-23-17(15)16-13(2)20-21(4)14(16)3/h5,8-9,12,15,17,19H,6-7,10-11H2,1-4H3/t12-,15-,17-/m0/s1. The van der Waals surface area contributed by atoms with Crippen LogP contribution in [0.15, 0.2) is 18.5 Å². The Labute approximate surface area is 137 Å². The fourth-order valence-corrected chi connectivity index (χ4v) is 3.45. The van der Waals surface area contributed by atoms with E-state index in [2.05, 4.69) is 36.3 Å². The lowest BCUT2D eigenvalue weighted by molar-refractivity contribution is 0.0953. The molecule has 0 aliphatic carbocycles. The van der Waals surface area contributed by atoms with Gasteiger partial charge in [-0.05, 0) is 39.7 Å². The van der Waals surface area contributed by atoms with Gasteiger partial charge in [0, 0.05) is 55.9 Å². The van der Waals surface area contributed by atoms with E-state index in [1.54, 1.807) is 0 Å². The second kappa shape index (κ2) is 6.84. The fraction of sp³-hybridized carbons (Fsp3) is 0.647. The lowest BCUT2D eigenvalue weighted by Crippen LogP contribution is -2.39. The summed E-state index contributed by atoms with van der Waals surface area (Å²) in [6.07, 6.45) is 6.04. The van der Waals surface area contributed by atoms with Gasteiger partial charge in [0.1, 0.15) is 6.10 Å². The van der Waals surface area contributed by atoms with Crippen molar-refractivity contribution in [1.29, 1.82) is 0 Å². The summed E-state index contributed by atoms with van der Waals surface area (Å²) in [5.41, 5.74) is 3.53. The van der Waals surface area contributed by atoms with E-state index in [0.29, 0.717) is 12.1 Å². The molecule has 6 heteroatoms. The maximum Gasteiger partial charge on any atom is 0.101 e. The van der Waals surface area contributed by atoms with Crippen molar-refractivity contribution in [3.05, 3.63) is 35.4 Å². The largest absolute Gasteiger partial charge is 0.372 e. The molecule has 23 heavy (non-hydrogen) atoms. The van der Waals surface area contributed by atoms with Gasteiger partial charge in [-0.25, -0.2) is 0 Å². The average Bonchev–Trinajstić information content (AvgIpc) is 3.21. The number of nitrogens with zero attached hydrogens (tertiary/aromatic N) is 4. The van der Waals surface area contributed by atoms with Crippen LogP contribution >= 0.6 is 0 Å². The van der Waals surface area contributed by atoms with Gasteiger partial charge in [0.05, 0.1) is 5.69 Å². The molecule has 0 aromatic carbocycles. The maximum atomic E-state index is 6.04. The summed E-state index contributed by atoms with van der Waals surface area (Å²) < 4.78 is 9.98. The van der Waals surface area contributed by atoms with Crippen molar-refractivity contribution >= 4 is 0 Å². The van der Waals surface area contributed by atoms with Crippen molar-refractivity contribution in [2.75, 3.05) is 6.61 Å². The molecule has 1 aliphatic rings. The van der Waals surface area contributed by atoms with Gasteiger partial charge in [0.25, 0.3) is 0 Å². The van der Waals surface area contributed by atoms with Crippen LogP contribution in [0.25, 0.3) is 0 Å². The number of aromatic nitrogens is 4. The Balaban J connectivity index is 1.62. The first-order chi connectivity index (χ1) is 11.1. The van der Waals surface area contributed by atoms with Crippen molar-refractivity contribution < 1.29 is 4.74 Å². The van der Waals surface area contributed by atoms with Gasteiger partial charge in [-0.15, -0.1) is 0 Å². The molecule has 0 saturated carbocycles. The fourth-order valence-electron chi connectivity index (χ4n) is 3.45. The van der Waals surface area contributed by atoms with Crippen LogP contribution in [0, 0.1) is 13.8 Å². The third-order valence-corrected chi connectivity index (χ3v) is 4.79. The van der Waals surface area contributed by atoms with Crippen molar-refractivity contribution in [2.24, 2.45) is 7.05 Å². The number of hydrogen-bond donors (Lipinski definition) is 1. The molecule has 126 valence electrons. The first kappa shape index (κ1) is 16.2. The molecule has 1 saturated heterocycles. The molecular formula is C17H27N5O. The molecule has 0 radical (unpaired) electrons. The highest BCUT2D eigenvalue weighted by Gasteiger charge is 2.34. The van der Waals surface area contributed by atoms with Gasteiger partial charge in [-0.2, -0.15) is 10.2 Å². The van der Waals surface area contributed by atoms with Crippen LogP contribution in [-0.4, -0.2) is 38.3 Å². The summed E-state index contributed by atoms with van der Waals surface area (Å²) >= 11 is 0. The van der Waals surface area contributed by atoms with E-state index >= 15 is 0 Å². The zero-order valence-corrected chi connectivity index (χ0v) is 14.5. The van der Waals surface area contributed by atoms with Gasteiger partial charge < -0.3 is 10.1 Å². The van der Waals surface area contributed by atoms with Crippen LogP contribution in [0.4, 0.5) is 0 Å². The summed E-state index contributed by atoms with van der Waals surface area (Å²) in [5.74, 6) is 0. The smallest absolute Gasteiger partial charge is 0.101 e. The highest BCUT2D eigenvalue weighted by molar-refractivity contribution is 5.29. The lowest BCUT2D eigenvalue weighted by Gasteiger charge is -2.24. The number of hydrogen-bond acceptors (Lipinski definition) is 4. The van der Waals surface area contributed by atoms with Crippen molar-refractivity contribution in [3.63, 3.8) is 0 Å². The van der Waals surface area contributed by atoms with E-state index in [1.807, 2.05) is 34.9 Å². The highest BCUT2D eigenvalue weighted by Crippen LogP contribution is 2.33. The van der Waals surface area contributed by atoms with E-state index in [-0.39, 0.29) is 6.10 Å². The monoisotopic (exact) mass is 317 g/mol. The van der Waals surface area contributed by atoms with Crippen molar-refractivity contribution in [2.45, 2.75) is 58.3 Å². The second-order valence-corrected chi connectivity index (χ2v) is 6.52. The molecule has 2 aromatic rings. The minimum Gasteiger partial charge on any atom is -0.372 e. The maximum absolute atomic E-state index is 6.04. The quantitative estimate of drug-likeness (QED) is 0.887. The zero-order chi connectivity index (χ0) is 16.4. The molecule has 0 amide bonds. The first-order valence-electron chi connectivity index (χ1n) is 8.41. The Bertz CT molecular complexity index is 634. The molecule has 2 aromatic heterocycles. The number of rotatable bonds is 6. The highest BCUT2D eigenvalue weighted by atomic mass is 16.5. The molecule has 1 fully saturated rings. The molecule has 0 bridgehead atoms. The van der Waals surface area contributed by atoms with E-state index in [0.717, 1.165) is 31.7 Å². The second-order valence-electron chi connectivity index (χ2n) is 6.52. The Morgan fingerprint density at radius 1 is 1.43 bits per heavy atom. The predicted molar refractivity (Wildman–Crippen MR) is 89.2 cm³/mol. The van der Waals surface area contributed by atoms with Gasteiger partial charge in [0.2, 0.25) is 0 Å². The Hall–Kier alpha value is -1.66. The Morgan fingerprint density at radius 2 is 2.26 bits per heavy atom. The van der Waals surface area contributed by atoms with Crippen LogP contribution in [0.5, 0.6) is 0 Å². The summed E-state index contributed by atoms with van der Waals surface area (Å²) in [6, 6.07) is 2.74. The summed E-state index contributed by atoms with van der Waals surface area (Å²) in [6.45, 7) is 8.17. The zero-order valence-electron chi connectivity index (χ0n) is 14.5. The van der Waals surface area contributed by atoms with Gasteiger partial charge in [-0.3, -0.25) is 9.36 Å². The third kappa shape index (κ3) is 3.48. The molecule has 0 spiro atoms. The van der Waals surface area contributed by atoms with Crippen LogP contribution in [0.3, 0.4) is 0 Å². The van der Waals surface area contributed by atoms with Gasteiger partial charge >= 0.3 is 0 Å². The molecule has 3 rings (SSSR count). The van der Waals surface area contributed by atoms with Crippen LogP contribution in [-0.2, 0) is 18.3 Å². The van der Waals surface area contributed by atoms with Crippen LogP contribution < -0.4 is 5.32 Å². The third-order valence-electron chi connectivity index (χ3n) is 4.79. The van der Waals surface area contributed by atoms with E-state index in [1.165, 1.54) is 11.3 Å². The molecule has 1 aliphatic heterocycles. The average molecular weight is 317 g/mol. The van der Waals surface area contributed by atoms with Crippen molar-refractivity contribution in [1.82, 2.24) is 24.9 Å². The Kier molecular flexibility index (Phi) is 4.82.